The highest BCUT2D eigenvalue weighted by Gasteiger charge is 2.21. The van der Waals surface area contributed by atoms with E-state index in [1.807, 2.05) is 12.1 Å². The van der Waals surface area contributed by atoms with Gasteiger partial charge in [0.05, 0.1) is 11.6 Å². The molecule has 0 aliphatic carbocycles. The zero-order chi connectivity index (χ0) is 13.5. The third kappa shape index (κ3) is 4.34. The van der Waals surface area contributed by atoms with Crippen molar-refractivity contribution in [3.8, 4) is 0 Å². The van der Waals surface area contributed by atoms with E-state index in [1.54, 1.807) is 13.3 Å². The lowest BCUT2D eigenvalue weighted by Gasteiger charge is -2.33. The van der Waals surface area contributed by atoms with Gasteiger partial charge in [0, 0.05) is 32.9 Å². The highest BCUT2D eigenvalue weighted by molar-refractivity contribution is 6.32. The summed E-state index contributed by atoms with van der Waals surface area (Å²) in [5, 5.41) is 4.19. The van der Waals surface area contributed by atoms with Crippen LogP contribution in [0.5, 0.6) is 0 Å². The molecule has 2 rings (SSSR count). The number of anilines is 1. The average Bonchev–Trinajstić information content (AvgIpc) is 2.45. The number of nitrogens with zero attached hydrogens (tertiary/aromatic N) is 2. The first-order chi connectivity index (χ1) is 9.31. The number of methoxy groups -OCH3 is 1. The molecule has 1 aromatic rings. The third-order valence-corrected chi connectivity index (χ3v) is 3.86. The van der Waals surface area contributed by atoms with Gasteiger partial charge >= 0.3 is 0 Å². The lowest BCUT2D eigenvalue weighted by Crippen LogP contribution is -2.38. The number of piperidine rings is 1. The van der Waals surface area contributed by atoms with Gasteiger partial charge in [-0.15, -0.1) is 0 Å². The molecule has 0 aromatic carbocycles. The molecule has 0 saturated carbocycles. The van der Waals surface area contributed by atoms with E-state index in [9.17, 15) is 0 Å². The fraction of sp³-hybridized carbons (Fsp3) is 0.643. The first-order valence-corrected chi connectivity index (χ1v) is 7.24. The number of hydrogen-bond acceptors (Lipinski definition) is 4. The first kappa shape index (κ1) is 14.6. The van der Waals surface area contributed by atoms with Crippen LogP contribution in [0.3, 0.4) is 0 Å². The van der Waals surface area contributed by atoms with Gasteiger partial charge in [0.25, 0.3) is 0 Å². The number of pyridine rings is 1. The molecular weight excluding hydrogens is 262 g/mol. The van der Waals surface area contributed by atoms with Crippen LogP contribution in [-0.2, 0) is 4.74 Å². The molecule has 0 unspecified atom stereocenters. The van der Waals surface area contributed by atoms with Crippen molar-refractivity contribution in [1.29, 1.82) is 0 Å². The molecule has 0 atom stereocenters. The number of halogens is 1. The van der Waals surface area contributed by atoms with E-state index in [-0.39, 0.29) is 0 Å². The minimum atomic E-state index is 0.746. The summed E-state index contributed by atoms with van der Waals surface area (Å²) < 4.78 is 5.03. The SMILES string of the molecule is COCCNCC1CCN(c2ncccc2Cl)CC1. The van der Waals surface area contributed by atoms with Gasteiger partial charge in [-0.25, -0.2) is 4.98 Å². The maximum atomic E-state index is 6.18. The van der Waals surface area contributed by atoms with Crippen LogP contribution in [0.2, 0.25) is 5.02 Å². The number of hydrogen-bond donors (Lipinski definition) is 1. The Morgan fingerprint density at radius 2 is 2.26 bits per heavy atom. The number of rotatable bonds is 6. The van der Waals surface area contributed by atoms with Crippen LogP contribution in [0.15, 0.2) is 18.3 Å². The summed E-state index contributed by atoms with van der Waals surface area (Å²) in [5.74, 6) is 1.67. The molecule has 106 valence electrons. The van der Waals surface area contributed by atoms with Crippen LogP contribution < -0.4 is 10.2 Å². The van der Waals surface area contributed by atoms with E-state index in [2.05, 4.69) is 15.2 Å². The second-order valence-electron chi connectivity index (χ2n) is 4.94. The van der Waals surface area contributed by atoms with Gasteiger partial charge in [0.1, 0.15) is 5.82 Å². The topological polar surface area (TPSA) is 37.4 Å². The summed E-state index contributed by atoms with van der Waals surface area (Å²) >= 11 is 6.18. The van der Waals surface area contributed by atoms with Crippen molar-refractivity contribution in [2.24, 2.45) is 5.92 Å². The van der Waals surface area contributed by atoms with E-state index in [0.29, 0.717) is 0 Å². The molecule has 0 bridgehead atoms. The van der Waals surface area contributed by atoms with Gasteiger partial charge < -0.3 is 15.0 Å². The lowest BCUT2D eigenvalue weighted by atomic mass is 9.97. The summed E-state index contributed by atoms with van der Waals surface area (Å²) in [7, 11) is 1.73. The lowest BCUT2D eigenvalue weighted by molar-refractivity contribution is 0.197. The minimum absolute atomic E-state index is 0.746. The average molecular weight is 284 g/mol. The first-order valence-electron chi connectivity index (χ1n) is 6.86. The monoisotopic (exact) mass is 283 g/mol. The van der Waals surface area contributed by atoms with Gasteiger partial charge in [-0.2, -0.15) is 0 Å². The molecule has 1 aromatic heterocycles. The highest BCUT2D eigenvalue weighted by atomic mass is 35.5. The molecule has 0 radical (unpaired) electrons. The van der Waals surface area contributed by atoms with Gasteiger partial charge in [-0.1, -0.05) is 11.6 Å². The minimum Gasteiger partial charge on any atom is -0.383 e. The van der Waals surface area contributed by atoms with Crippen molar-refractivity contribution < 1.29 is 4.74 Å². The zero-order valence-electron chi connectivity index (χ0n) is 11.4. The molecule has 1 saturated heterocycles. The van der Waals surface area contributed by atoms with Gasteiger partial charge in [0.15, 0.2) is 0 Å². The Hall–Kier alpha value is -0.840. The van der Waals surface area contributed by atoms with Gasteiger partial charge in [-0.3, -0.25) is 0 Å². The van der Waals surface area contributed by atoms with Crippen LogP contribution in [0.4, 0.5) is 5.82 Å². The van der Waals surface area contributed by atoms with Crippen molar-refractivity contribution in [1.82, 2.24) is 10.3 Å². The fourth-order valence-corrected chi connectivity index (χ4v) is 2.68. The van der Waals surface area contributed by atoms with Gasteiger partial charge in [-0.05, 0) is 37.4 Å². The summed E-state index contributed by atoms with van der Waals surface area (Å²) in [4.78, 5) is 6.66. The number of aromatic nitrogens is 1. The van der Waals surface area contributed by atoms with Gasteiger partial charge in [0.2, 0.25) is 0 Å². The maximum Gasteiger partial charge on any atom is 0.147 e. The van der Waals surface area contributed by atoms with Crippen molar-refractivity contribution in [2.45, 2.75) is 12.8 Å². The van der Waals surface area contributed by atoms with Crippen LogP contribution in [0.25, 0.3) is 0 Å². The second-order valence-corrected chi connectivity index (χ2v) is 5.34. The van der Waals surface area contributed by atoms with Crippen LogP contribution >= 0.6 is 11.6 Å². The summed E-state index contributed by atoms with van der Waals surface area (Å²) in [5.41, 5.74) is 0. The Morgan fingerprint density at radius 1 is 1.47 bits per heavy atom. The summed E-state index contributed by atoms with van der Waals surface area (Å²) in [6.45, 7) is 4.86. The predicted octanol–water partition coefficient (Wildman–Crippen LogP) is 2.19. The van der Waals surface area contributed by atoms with E-state index in [4.69, 9.17) is 16.3 Å². The molecule has 0 amide bonds. The highest BCUT2D eigenvalue weighted by Crippen LogP contribution is 2.26. The number of ether oxygens (including phenoxy) is 1. The maximum absolute atomic E-state index is 6.18. The Bertz CT molecular complexity index is 381. The molecule has 5 heteroatoms. The molecule has 2 heterocycles. The molecule has 1 aliphatic rings. The van der Waals surface area contributed by atoms with E-state index >= 15 is 0 Å². The smallest absolute Gasteiger partial charge is 0.147 e. The zero-order valence-corrected chi connectivity index (χ0v) is 12.2. The van der Waals surface area contributed by atoms with E-state index in [0.717, 1.165) is 49.5 Å². The molecule has 4 nitrogen and oxygen atoms in total. The van der Waals surface area contributed by atoms with Crippen LogP contribution in [-0.4, -0.2) is 44.9 Å². The van der Waals surface area contributed by atoms with Crippen molar-refractivity contribution in [3.63, 3.8) is 0 Å². The van der Waals surface area contributed by atoms with Crippen LogP contribution in [0, 0.1) is 5.92 Å². The summed E-state index contributed by atoms with van der Waals surface area (Å²) in [6, 6.07) is 3.78. The summed E-state index contributed by atoms with van der Waals surface area (Å²) in [6.07, 6.45) is 4.18. The Labute approximate surface area is 120 Å². The third-order valence-electron chi connectivity index (χ3n) is 3.57. The molecule has 1 aliphatic heterocycles. The quantitative estimate of drug-likeness (QED) is 0.812. The van der Waals surface area contributed by atoms with E-state index < -0.39 is 0 Å². The Kier molecular flexibility index (Phi) is 5.89. The fourth-order valence-electron chi connectivity index (χ4n) is 2.44. The van der Waals surface area contributed by atoms with Crippen molar-refractivity contribution in [2.75, 3.05) is 44.8 Å². The second kappa shape index (κ2) is 7.68. The molecule has 0 spiro atoms. The van der Waals surface area contributed by atoms with Crippen LogP contribution in [0.1, 0.15) is 12.8 Å². The Balaban J connectivity index is 1.75. The van der Waals surface area contributed by atoms with E-state index in [1.165, 1.54) is 12.8 Å². The predicted molar refractivity (Wildman–Crippen MR) is 78.9 cm³/mol. The molecular formula is C14H22ClN3O. The normalized spacial score (nSPS) is 16.8. The Morgan fingerprint density at radius 3 is 2.95 bits per heavy atom. The van der Waals surface area contributed by atoms with Crippen molar-refractivity contribution >= 4 is 17.4 Å². The molecule has 1 N–H and O–H groups in total. The molecule has 19 heavy (non-hydrogen) atoms. The standard InChI is InChI=1S/C14H22ClN3O/c1-19-10-7-16-11-12-4-8-18(9-5-12)14-13(15)3-2-6-17-14/h2-3,6,12,16H,4-5,7-11H2,1H3. The number of nitrogens with one attached hydrogen (secondary N) is 1. The van der Waals surface area contributed by atoms with Crippen molar-refractivity contribution in [3.05, 3.63) is 23.4 Å². The largest absolute Gasteiger partial charge is 0.383 e. The molecule has 1 fully saturated rings.